The van der Waals surface area contributed by atoms with Gasteiger partial charge in [-0.05, 0) is 36.9 Å². The molecule has 0 spiro atoms. The predicted octanol–water partition coefficient (Wildman–Crippen LogP) is 2.15. The Morgan fingerprint density at radius 3 is 3.08 bits per heavy atom. The smallest absolute Gasteiger partial charge is 0.240 e. The van der Waals surface area contributed by atoms with Gasteiger partial charge in [0.1, 0.15) is 5.82 Å². The van der Waals surface area contributed by atoms with Crippen molar-refractivity contribution in [3.05, 3.63) is 47.4 Å². The minimum absolute atomic E-state index is 0.00631. The summed E-state index contributed by atoms with van der Waals surface area (Å²) < 4.78 is 19.0. The van der Waals surface area contributed by atoms with Crippen molar-refractivity contribution in [1.82, 2.24) is 20.4 Å². The minimum Gasteiger partial charge on any atom is -0.356 e. The van der Waals surface area contributed by atoms with Crippen molar-refractivity contribution in [2.24, 2.45) is 5.92 Å². The fourth-order valence-corrected chi connectivity index (χ4v) is 3.18. The fraction of sp³-hybridized carbons (Fsp3) is 0.500. The van der Waals surface area contributed by atoms with Crippen molar-refractivity contribution in [3.63, 3.8) is 0 Å². The van der Waals surface area contributed by atoms with Crippen LogP contribution in [0.25, 0.3) is 0 Å². The van der Waals surface area contributed by atoms with Crippen LogP contribution in [0.4, 0.5) is 4.39 Å². The Balaban J connectivity index is 1.54. The molecule has 6 nitrogen and oxygen atoms in total. The summed E-state index contributed by atoms with van der Waals surface area (Å²) in [6.07, 6.45) is 2.51. The largest absolute Gasteiger partial charge is 0.356 e. The number of likely N-dealkylation sites (tertiary alicyclic amines) is 1. The lowest BCUT2D eigenvalue weighted by Gasteiger charge is -2.31. The van der Waals surface area contributed by atoms with Crippen molar-refractivity contribution >= 4 is 5.91 Å². The topological polar surface area (TPSA) is 71.3 Å². The molecular formula is C18H23FN4O2. The van der Waals surface area contributed by atoms with E-state index >= 15 is 0 Å². The summed E-state index contributed by atoms with van der Waals surface area (Å²) in [5.74, 6) is 1.23. The zero-order chi connectivity index (χ0) is 17.6. The average molecular weight is 346 g/mol. The van der Waals surface area contributed by atoms with E-state index in [1.165, 1.54) is 13.0 Å². The van der Waals surface area contributed by atoms with Crippen LogP contribution in [-0.4, -0.2) is 40.6 Å². The summed E-state index contributed by atoms with van der Waals surface area (Å²) in [4.78, 5) is 17.7. The molecule has 3 rings (SSSR count). The van der Waals surface area contributed by atoms with Gasteiger partial charge >= 0.3 is 0 Å². The van der Waals surface area contributed by atoms with Crippen LogP contribution in [0, 0.1) is 11.7 Å². The van der Waals surface area contributed by atoms with E-state index in [4.69, 9.17) is 4.52 Å². The maximum Gasteiger partial charge on any atom is 0.240 e. The van der Waals surface area contributed by atoms with E-state index in [-0.39, 0.29) is 11.7 Å². The first-order chi connectivity index (χ1) is 12.1. The number of halogens is 1. The number of piperidine rings is 1. The van der Waals surface area contributed by atoms with Gasteiger partial charge in [0, 0.05) is 26.4 Å². The second-order valence-corrected chi connectivity index (χ2v) is 6.55. The molecule has 1 aromatic carbocycles. The Kier molecular flexibility index (Phi) is 5.75. The molecular weight excluding hydrogens is 323 g/mol. The molecule has 1 fully saturated rings. The molecule has 1 aromatic heterocycles. The fourth-order valence-electron chi connectivity index (χ4n) is 3.18. The summed E-state index contributed by atoms with van der Waals surface area (Å²) in [7, 11) is 0. The van der Waals surface area contributed by atoms with Gasteiger partial charge in [-0.3, -0.25) is 9.69 Å². The van der Waals surface area contributed by atoms with Gasteiger partial charge in [0.25, 0.3) is 0 Å². The number of nitrogens with zero attached hydrogens (tertiary/aromatic N) is 3. The predicted molar refractivity (Wildman–Crippen MR) is 90.2 cm³/mol. The lowest BCUT2D eigenvalue weighted by molar-refractivity contribution is -0.119. The van der Waals surface area contributed by atoms with E-state index in [2.05, 4.69) is 20.4 Å². The van der Waals surface area contributed by atoms with Gasteiger partial charge in [-0.25, -0.2) is 4.39 Å². The van der Waals surface area contributed by atoms with Crippen LogP contribution in [0.2, 0.25) is 0 Å². The number of hydrogen-bond donors (Lipinski definition) is 1. The number of carbonyl (C=O) groups excluding carboxylic acids is 1. The van der Waals surface area contributed by atoms with E-state index in [1.807, 2.05) is 0 Å². The van der Waals surface area contributed by atoms with Gasteiger partial charge in [0.05, 0.1) is 6.54 Å². The summed E-state index contributed by atoms with van der Waals surface area (Å²) in [5, 5.41) is 6.84. The van der Waals surface area contributed by atoms with Crippen LogP contribution in [0.15, 0.2) is 28.8 Å². The van der Waals surface area contributed by atoms with Crippen molar-refractivity contribution in [2.45, 2.75) is 32.7 Å². The monoisotopic (exact) mass is 346 g/mol. The maximum absolute atomic E-state index is 13.7. The molecule has 2 aromatic rings. The number of rotatable bonds is 6. The number of aromatic nitrogens is 2. The van der Waals surface area contributed by atoms with E-state index in [9.17, 15) is 9.18 Å². The maximum atomic E-state index is 13.7. The lowest BCUT2D eigenvalue weighted by Crippen LogP contribution is -2.40. The molecule has 2 heterocycles. The van der Waals surface area contributed by atoms with Crippen LogP contribution in [-0.2, 0) is 17.8 Å². The van der Waals surface area contributed by atoms with Gasteiger partial charge < -0.3 is 9.84 Å². The van der Waals surface area contributed by atoms with Crippen molar-refractivity contribution in [3.8, 4) is 0 Å². The molecule has 7 heteroatoms. The second-order valence-electron chi connectivity index (χ2n) is 6.55. The first-order valence-corrected chi connectivity index (χ1v) is 8.62. The van der Waals surface area contributed by atoms with Gasteiger partial charge in [-0.2, -0.15) is 4.98 Å². The molecule has 0 radical (unpaired) electrons. The minimum atomic E-state index is -0.259. The van der Waals surface area contributed by atoms with Gasteiger partial charge in [0.2, 0.25) is 11.8 Å². The average Bonchev–Trinajstić information content (AvgIpc) is 3.02. The molecule has 0 unspecified atom stereocenters. The molecule has 134 valence electrons. The third kappa shape index (κ3) is 5.09. The molecule has 1 atom stereocenters. The molecule has 0 aliphatic carbocycles. The highest BCUT2D eigenvalue weighted by atomic mass is 19.1. The Morgan fingerprint density at radius 1 is 1.44 bits per heavy atom. The number of benzene rings is 1. The zero-order valence-corrected chi connectivity index (χ0v) is 14.4. The molecule has 1 N–H and O–H groups in total. The number of nitrogens with one attached hydrogen (secondary N) is 1. The second kappa shape index (κ2) is 8.20. The highest BCUT2D eigenvalue weighted by molar-refractivity contribution is 5.72. The summed E-state index contributed by atoms with van der Waals surface area (Å²) in [6, 6.07) is 6.61. The first-order valence-electron chi connectivity index (χ1n) is 8.62. The van der Waals surface area contributed by atoms with E-state index in [1.54, 1.807) is 18.2 Å². The molecule has 1 aliphatic rings. The highest BCUT2D eigenvalue weighted by Gasteiger charge is 2.22. The van der Waals surface area contributed by atoms with Crippen LogP contribution < -0.4 is 5.32 Å². The number of amides is 1. The van der Waals surface area contributed by atoms with E-state index in [0.717, 1.165) is 25.9 Å². The van der Waals surface area contributed by atoms with Crippen LogP contribution >= 0.6 is 0 Å². The Morgan fingerprint density at radius 2 is 2.28 bits per heavy atom. The Labute approximate surface area is 146 Å². The quantitative estimate of drug-likeness (QED) is 0.868. The third-order valence-corrected chi connectivity index (χ3v) is 4.42. The summed E-state index contributed by atoms with van der Waals surface area (Å²) >= 11 is 0. The van der Waals surface area contributed by atoms with Crippen LogP contribution in [0.3, 0.4) is 0 Å². The molecule has 25 heavy (non-hydrogen) atoms. The normalized spacial score (nSPS) is 18.2. The highest BCUT2D eigenvalue weighted by Crippen LogP contribution is 2.18. The zero-order valence-electron chi connectivity index (χ0n) is 14.4. The molecule has 1 aliphatic heterocycles. The van der Waals surface area contributed by atoms with E-state index in [0.29, 0.717) is 42.7 Å². The third-order valence-electron chi connectivity index (χ3n) is 4.42. The van der Waals surface area contributed by atoms with Crippen molar-refractivity contribution in [2.75, 3.05) is 19.6 Å². The van der Waals surface area contributed by atoms with Gasteiger partial charge in [0.15, 0.2) is 5.82 Å². The SMILES string of the molecule is CC(=O)NC[C@@H]1CCCN(Cc2nc(Cc3ccccc3F)no2)C1. The number of hydrogen-bond acceptors (Lipinski definition) is 5. The van der Waals surface area contributed by atoms with Crippen LogP contribution in [0.5, 0.6) is 0 Å². The first kappa shape index (κ1) is 17.5. The lowest BCUT2D eigenvalue weighted by atomic mass is 9.98. The molecule has 0 bridgehead atoms. The van der Waals surface area contributed by atoms with E-state index < -0.39 is 0 Å². The Hall–Kier alpha value is -2.28. The van der Waals surface area contributed by atoms with Gasteiger partial charge in [-0.1, -0.05) is 23.4 Å². The summed E-state index contributed by atoms with van der Waals surface area (Å²) in [5.41, 5.74) is 0.559. The van der Waals surface area contributed by atoms with Gasteiger partial charge in [-0.15, -0.1) is 0 Å². The summed E-state index contributed by atoms with van der Waals surface area (Å²) in [6.45, 7) is 4.69. The van der Waals surface area contributed by atoms with Crippen molar-refractivity contribution in [1.29, 1.82) is 0 Å². The number of carbonyl (C=O) groups is 1. The molecule has 0 saturated carbocycles. The molecule has 1 amide bonds. The van der Waals surface area contributed by atoms with Crippen LogP contribution in [0.1, 0.15) is 37.0 Å². The molecule has 1 saturated heterocycles. The standard InChI is InChI=1S/C18H23FN4O2/c1-13(24)20-10-14-5-4-8-23(11-14)12-18-21-17(22-25-18)9-15-6-2-3-7-16(15)19/h2-3,6-7,14H,4-5,8-12H2,1H3,(H,20,24)/t14-/m0/s1. The Bertz CT molecular complexity index is 719. The van der Waals surface area contributed by atoms with Crippen molar-refractivity contribution < 1.29 is 13.7 Å².